The Morgan fingerprint density at radius 1 is 1.18 bits per heavy atom. The molecule has 0 spiro atoms. The second-order valence-electron chi connectivity index (χ2n) is 7.50. The lowest BCUT2D eigenvalue weighted by Gasteiger charge is -2.35. The minimum Gasteiger partial charge on any atom is -0.493 e. The number of carbonyl (C=O) groups excluding carboxylic acids is 1. The molecule has 9 heteroatoms. The number of aromatic nitrogens is 1. The first kappa shape index (κ1) is 23.2. The molecule has 33 heavy (non-hydrogen) atoms. The first-order chi connectivity index (χ1) is 16.1. The summed E-state index contributed by atoms with van der Waals surface area (Å²) in [4.78, 5) is 19.9. The maximum atomic E-state index is 14.1. The molecule has 174 valence electrons. The molecule has 1 unspecified atom stereocenters. The van der Waals surface area contributed by atoms with Gasteiger partial charge in [0.25, 0.3) is 5.91 Å². The van der Waals surface area contributed by atoms with Crippen molar-refractivity contribution in [1.29, 1.82) is 0 Å². The van der Waals surface area contributed by atoms with Crippen molar-refractivity contribution in [2.75, 3.05) is 47.1 Å². The molecule has 0 aliphatic carbocycles. The molecule has 1 saturated heterocycles. The van der Waals surface area contributed by atoms with Gasteiger partial charge in [0.05, 0.1) is 39.7 Å². The van der Waals surface area contributed by atoms with Crippen molar-refractivity contribution >= 4 is 17.2 Å². The van der Waals surface area contributed by atoms with E-state index in [1.807, 2.05) is 18.2 Å². The van der Waals surface area contributed by atoms with E-state index in [1.165, 1.54) is 23.6 Å². The smallest absolute Gasteiger partial charge is 0.263 e. The van der Waals surface area contributed by atoms with E-state index >= 15 is 0 Å². The van der Waals surface area contributed by atoms with Gasteiger partial charge < -0.3 is 19.5 Å². The van der Waals surface area contributed by atoms with Gasteiger partial charge in [-0.25, -0.2) is 9.37 Å². The summed E-state index contributed by atoms with van der Waals surface area (Å²) in [6.45, 7) is 3.18. The van der Waals surface area contributed by atoms with E-state index in [-0.39, 0.29) is 17.8 Å². The third-order valence-electron chi connectivity index (χ3n) is 5.57. The second kappa shape index (κ2) is 10.7. The van der Waals surface area contributed by atoms with Crippen molar-refractivity contribution < 1.29 is 23.4 Å². The molecule has 2 heterocycles. The average molecular weight is 472 g/mol. The highest BCUT2D eigenvalue weighted by Crippen LogP contribution is 2.32. The summed E-state index contributed by atoms with van der Waals surface area (Å²) >= 11 is 1.17. The molecular formula is C24H26FN3O4S. The first-order valence-corrected chi connectivity index (χ1v) is 11.4. The molecular weight excluding hydrogens is 445 g/mol. The predicted octanol–water partition coefficient (Wildman–Crippen LogP) is 3.77. The average Bonchev–Trinajstić information content (AvgIpc) is 3.35. The molecule has 0 saturated carbocycles. The molecule has 7 nitrogen and oxygen atoms in total. The van der Waals surface area contributed by atoms with Crippen molar-refractivity contribution in [2.45, 2.75) is 6.04 Å². The van der Waals surface area contributed by atoms with E-state index in [0.717, 1.165) is 18.7 Å². The van der Waals surface area contributed by atoms with E-state index in [1.54, 1.807) is 32.4 Å². The lowest BCUT2D eigenvalue weighted by Crippen LogP contribution is -2.43. The minimum atomic E-state index is -0.361. The third kappa shape index (κ3) is 5.32. The standard InChI is InChI=1S/C24H26FN3O4S/c1-30-20-8-7-16(13-21(20)31-2)19(28-9-11-32-12-10-28)14-26-23(29)22-15-27-24(33-22)17-5-3-4-6-18(17)25/h3-8,13,15,19H,9-12,14H2,1-2H3,(H,26,29). The van der Waals surface area contributed by atoms with Crippen LogP contribution in [0.3, 0.4) is 0 Å². The number of nitrogens with zero attached hydrogens (tertiary/aromatic N) is 2. The Labute approximate surface area is 196 Å². The van der Waals surface area contributed by atoms with Crippen molar-refractivity contribution in [3.63, 3.8) is 0 Å². The van der Waals surface area contributed by atoms with Crippen LogP contribution in [-0.4, -0.2) is 62.9 Å². The molecule has 2 aromatic carbocycles. The molecule has 3 aromatic rings. The van der Waals surface area contributed by atoms with Gasteiger partial charge in [0.2, 0.25) is 0 Å². The summed E-state index contributed by atoms with van der Waals surface area (Å²) in [5, 5.41) is 3.50. The highest BCUT2D eigenvalue weighted by Gasteiger charge is 2.25. The Morgan fingerprint density at radius 2 is 1.94 bits per heavy atom. The summed E-state index contributed by atoms with van der Waals surface area (Å²) in [5.74, 6) is 0.682. The summed E-state index contributed by atoms with van der Waals surface area (Å²) < 4.78 is 30.4. The topological polar surface area (TPSA) is 72.9 Å². The van der Waals surface area contributed by atoms with Gasteiger partial charge in [-0.3, -0.25) is 9.69 Å². The number of carbonyl (C=O) groups is 1. The van der Waals surface area contributed by atoms with Crippen LogP contribution >= 0.6 is 11.3 Å². The molecule has 1 aromatic heterocycles. The van der Waals surface area contributed by atoms with Crippen molar-refractivity contribution in [3.8, 4) is 22.1 Å². The van der Waals surface area contributed by atoms with E-state index < -0.39 is 0 Å². The third-order valence-corrected chi connectivity index (χ3v) is 6.60. The number of morpholine rings is 1. The van der Waals surface area contributed by atoms with Gasteiger partial charge >= 0.3 is 0 Å². The Hall–Kier alpha value is -3.01. The molecule has 1 fully saturated rings. The number of nitrogens with one attached hydrogen (secondary N) is 1. The number of hydrogen-bond donors (Lipinski definition) is 1. The zero-order chi connectivity index (χ0) is 23.2. The van der Waals surface area contributed by atoms with Crippen molar-refractivity contribution in [1.82, 2.24) is 15.2 Å². The van der Waals surface area contributed by atoms with Crippen LogP contribution in [-0.2, 0) is 4.74 Å². The molecule has 0 radical (unpaired) electrons. The van der Waals surface area contributed by atoms with Crippen LogP contribution in [0.25, 0.3) is 10.6 Å². The van der Waals surface area contributed by atoms with Crippen molar-refractivity contribution in [3.05, 3.63) is 64.9 Å². The predicted molar refractivity (Wildman–Crippen MR) is 125 cm³/mol. The fraction of sp³-hybridized carbons (Fsp3) is 0.333. The second-order valence-corrected chi connectivity index (χ2v) is 8.53. The van der Waals surface area contributed by atoms with Crippen LogP contribution in [0.2, 0.25) is 0 Å². The minimum absolute atomic E-state index is 0.0726. The number of thiazole rings is 1. The fourth-order valence-corrected chi connectivity index (χ4v) is 4.68. The van der Waals surface area contributed by atoms with Gasteiger partial charge in [0.1, 0.15) is 15.7 Å². The van der Waals surface area contributed by atoms with Gasteiger partial charge in [-0.2, -0.15) is 0 Å². The lowest BCUT2D eigenvalue weighted by atomic mass is 10.0. The van der Waals surface area contributed by atoms with Gasteiger partial charge in [-0.05, 0) is 29.8 Å². The largest absolute Gasteiger partial charge is 0.493 e. The Bertz CT molecular complexity index is 1100. The normalized spacial score (nSPS) is 15.1. The highest BCUT2D eigenvalue weighted by molar-refractivity contribution is 7.16. The van der Waals surface area contributed by atoms with Gasteiger partial charge in [-0.15, -0.1) is 11.3 Å². The molecule has 0 bridgehead atoms. The first-order valence-electron chi connectivity index (χ1n) is 10.6. The van der Waals surface area contributed by atoms with Crippen LogP contribution in [0, 0.1) is 5.82 Å². The Kier molecular flexibility index (Phi) is 7.54. The zero-order valence-corrected chi connectivity index (χ0v) is 19.4. The van der Waals surface area contributed by atoms with Crippen LogP contribution in [0.15, 0.2) is 48.7 Å². The summed E-state index contributed by atoms with van der Waals surface area (Å²) in [7, 11) is 3.20. The maximum absolute atomic E-state index is 14.1. The monoisotopic (exact) mass is 471 g/mol. The van der Waals surface area contributed by atoms with Gasteiger partial charge in [0, 0.05) is 25.2 Å². The summed E-state index contributed by atoms with van der Waals surface area (Å²) in [6, 6.07) is 12.1. The lowest BCUT2D eigenvalue weighted by molar-refractivity contribution is 0.0162. The van der Waals surface area contributed by atoms with E-state index in [4.69, 9.17) is 14.2 Å². The van der Waals surface area contributed by atoms with Crippen LogP contribution in [0.1, 0.15) is 21.3 Å². The number of benzene rings is 2. The number of hydrogen-bond acceptors (Lipinski definition) is 7. The number of amides is 1. The summed E-state index contributed by atoms with van der Waals surface area (Å²) in [5.41, 5.74) is 1.39. The Balaban J connectivity index is 1.51. The maximum Gasteiger partial charge on any atom is 0.263 e. The number of ether oxygens (including phenoxy) is 3. The highest BCUT2D eigenvalue weighted by atomic mass is 32.1. The molecule has 1 aliphatic rings. The van der Waals surface area contributed by atoms with Crippen LogP contribution in [0.5, 0.6) is 11.5 Å². The number of halogens is 1. The quantitative estimate of drug-likeness (QED) is 0.539. The molecule has 4 rings (SSSR count). The Morgan fingerprint density at radius 3 is 2.67 bits per heavy atom. The molecule has 1 aliphatic heterocycles. The molecule has 1 N–H and O–H groups in total. The van der Waals surface area contributed by atoms with Gasteiger partial charge in [-0.1, -0.05) is 18.2 Å². The van der Waals surface area contributed by atoms with E-state index in [9.17, 15) is 9.18 Å². The summed E-state index contributed by atoms with van der Waals surface area (Å²) in [6.07, 6.45) is 1.49. The van der Waals surface area contributed by atoms with Crippen molar-refractivity contribution in [2.24, 2.45) is 0 Å². The van der Waals surface area contributed by atoms with Crippen LogP contribution in [0.4, 0.5) is 4.39 Å². The molecule has 1 amide bonds. The van der Waals surface area contributed by atoms with Gasteiger partial charge in [0.15, 0.2) is 11.5 Å². The zero-order valence-electron chi connectivity index (χ0n) is 18.5. The van der Waals surface area contributed by atoms with Crippen LogP contribution < -0.4 is 14.8 Å². The number of methoxy groups -OCH3 is 2. The van der Waals surface area contributed by atoms with E-state index in [2.05, 4.69) is 15.2 Å². The number of rotatable bonds is 8. The molecule has 1 atom stereocenters. The SMILES string of the molecule is COc1ccc(C(CNC(=O)c2cnc(-c3ccccc3F)s2)N2CCOCC2)cc1OC. The van der Waals surface area contributed by atoms with E-state index in [0.29, 0.717) is 46.7 Å². The fourth-order valence-electron chi connectivity index (χ4n) is 3.82.